The Labute approximate surface area is 199 Å². The number of aromatic nitrogens is 4. The van der Waals surface area contributed by atoms with E-state index in [1.165, 1.54) is 18.4 Å². The van der Waals surface area contributed by atoms with Gasteiger partial charge in [0.15, 0.2) is 0 Å². The normalized spacial score (nSPS) is 16.0. The van der Waals surface area contributed by atoms with E-state index in [1.54, 1.807) is 6.20 Å². The molecule has 1 saturated heterocycles. The van der Waals surface area contributed by atoms with Crippen molar-refractivity contribution in [2.75, 3.05) is 11.9 Å². The van der Waals surface area contributed by atoms with E-state index in [9.17, 15) is 4.79 Å². The summed E-state index contributed by atoms with van der Waals surface area (Å²) in [5, 5.41) is 6.52. The number of aryl methyl sites for hydroxylation is 2. The summed E-state index contributed by atoms with van der Waals surface area (Å²) in [6.07, 6.45) is 11.1. The third kappa shape index (κ3) is 4.43. The summed E-state index contributed by atoms with van der Waals surface area (Å²) < 4.78 is 2.16. The van der Waals surface area contributed by atoms with Gasteiger partial charge >= 0.3 is 0 Å². The van der Waals surface area contributed by atoms with Crippen LogP contribution in [0.25, 0.3) is 16.8 Å². The molecule has 1 aliphatic rings. The molecule has 1 aromatic carbocycles. The molecule has 174 valence electrons. The minimum Gasteiger partial charge on any atom is -0.307 e. The van der Waals surface area contributed by atoms with Crippen molar-refractivity contribution in [3.8, 4) is 11.3 Å². The summed E-state index contributed by atoms with van der Waals surface area (Å²) in [6.45, 7) is 5.16. The molecule has 0 aliphatic carbocycles. The number of anilines is 1. The minimum absolute atomic E-state index is 0.174. The van der Waals surface area contributed by atoms with Crippen LogP contribution >= 0.6 is 0 Å². The van der Waals surface area contributed by atoms with Gasteiger partial charge in [0.05, 0.1) is 22.9 Å². The first kappa shape index (κ1) is 22.2. The first-order valence-electron chi connectivity index (χ1n) is 12.1. The summed E-state index contributed by atoms with van der Waals surface area (Å²) in [6, 6.07) is 11.8. The van der Waals surface area contributed by atoms with Crippen LogP contribution in [0.2, 0.25) is 0 Å². The fraction of sp³-hybridized carbons (Fsp3) is 0.333. The summed E-state index contributed by atoms with van der Waals surface area (Å²) >= 11 is 0. The quantitative estimate of drug-likeness (QED) is 0.422. The van der Waals surface area contributed by atoms with Crippen molar-refractivity contribution >= 4 is 17.2 Å². The molecule has 5 rings (SSSR count). The molecule has 7 heteroatoms. The summed E-state index contributed by atoms with van der Waals surface area (Å²) in [5.41, 5.74) is 5.57. The number of carbonyl (C=O) groups is 1. The molecule has 0 bridgehead atoms. The van der Waals surface area contributed by atoms with Gasteiger partial charge in [-0.3, -0.25) is 14.2 Å². The first-order chi connectivity index (χ1) is 16.6. The maximum absolute atomic E-state index is 12.8. The number of hydrogen-bond acceptors (Lipinski definition) is 5. The predicted molar refractivity (Wildman–Crippen MR) is 134 cm³/mol. The Morgan fingerprint density at radius 3 is 2.76 bits per heavy atom. The minimum atomic E-state index is -0.174. The highest BCUT2D eigenvalue weighted by atomic mass is 16.1. The molecule has 0 spiro atoms. The second kappa shape index (κ2) is 9.73. The molecular formula is C27H30N6O. The molecular weight excluding hydrogens is 424 g/mol. The summed E-state index contributed by atoms with van der Waals surface area (Å²) in [7, 11) is 0. The number of amides is 1. The third-order valence-corrected chi connectivity index (χ3v) is 6.41. The zero-order chi connectivity index (χ0) is 23.5. The molecule has 0 radical (unpaired) electrons. The van der Waals surface area contributed by atoms with Gasteiger partial charge in [-0.1, -0.05) is 31.9 Å². The lowest BCUT2D eigenvalue weighted by molar-refractivity contribution is 0.102. The number of pyridine rings is 1. The number of benzene rings is 1. The smallest absolute Gasteiger partial charge is 0.256 e. The Morgan fingerprint density at radius 2 is 2.00 bits per heavy atom. The number of hydrogen-bond donors (Lipinski definition) is 2. The van der Waals surface area contributed by atoms with Crippen LogP contribution in [-0.4, -0.2) is 31.8 Å². The largest absolute Gasteiger partial charge is 0.307 e. The van der Waals surface area contributed by atoms with Crippen molar-refractivity contribution in [1.29, 1.82) is 0 Å². The predicted octanol–water partition coefficient (Wildman–Crippen LogP) is 5.12. The Kier molecular flexibility index (Phi) is 6.36. The van der Waals surface area contributed by atoms with Gasteiger partial charge < -0.3 is 10.6 Å². The Morgan fingerprint density at radius 1 is 1.15 bits per heavy atom. The number of fused-ring (bicyclic) bond motifs is 1. The maximum atomic E-state index is 12.8. The highest BCUT2D eigenvalue weighted by molar-refractivity contribution is 6.04. The third-order valence-electron chi connectivity index (χ3n) is 6.41. The molecule has 1 atom stereocenters. The summed E-state index contributed by atoms with van der Waals surface area (Å²) in [4.78, 5) is 26.7. The zero-order valence-electron chi connectivity index (χ0n) is 19.7. The molecule has 1 amide bonds. The van der Waals surface area contributed by atoms with Gasteiger partial charge in [-0.25, -0.2) is 9.97 Å². The standard InChI is InChI=1S/C27H30N6O/c1-3-6-19-12-14-30-23(17-19)31-27(34)21-10-8-20(9-11-21)24-25-18(2)28-15-16-33(25)26(32-24)22-7-4-5-13-29-22/h8-12,14-17,22,29H,3-7,13H2,1-2H3,(H,30,31,34)/t22-/m0/s1. The van der Waals surface area contributed by atoms with Crippen LogP contribution in [0, 0.1) is 6.92 Å². The molecule has 4 heterocycles. The second-order valence-electron chi connectivity index (χ2n) is 8.88. The van der Waals surface area contributed by atoms with Gasteiger partial charge in [0.25, 0.3) is 5.91 Å². The second-order valence-corrected chi connectivity index (χ2v) is 8.88. The van der Waals surface area contributed by atoms with Gasteiger partial charge in [-0.2, -0.15) is 0 Å². The molecule has 1 aliphatic heterocycles. The van der Waals surface area contributed by atoms with Crippen molar-refractivity contribution in [2.45, 2.75) is 52.0 Å². The lowest BCUT2D eigenvalue weighted by Gasteiger charge is -2.22. The first-order valence-corrected chi connectivity index (χ1v) is 12.1. The average molecular weight is 455 g/mol. The fourth-order valence-electron chi connectivity index (χ4n) is 4.69. The van der Waals surface area contributed by atoms with Crippen LogP contribution < -0.4 is 10.6 Å². The average Bonchev–Trinajstić information content (AvgIpc) is 3.26. The van der Waals surface area contributed by atoms with Gasteiger partial charge in [0.2, 0.25) is 0 Å². The van der Waals surface area contributed by atoms with Gasteiger partial charge in [0, 0.05) is 29.7 Å². The fourth-order valence-corrected chi connectivity index (χ4v) is 4.69. The van der Waals surface area contributed by atoms with Gasteiger partial charge in [-0.05, 0) is 62.6 Å². The molecule has 7 nitrogen and oxygen atoms in total. The molecule has 34 heavy (non-hydrogen) atoms. The van der Waals surface area contributed by atoms with Crippen molar-refractivity contribution in [3.05, 3.63) is 77.6 Å². The number of rotatable bonds is 6. The van der Waals surface area contributed by atoms with Crippen LogP contribution in [0.4, 0.5) is 5.82 Å². The van der Waals surface area contributed by atoms with E-state index in [-0.39, 0.29) is 11.9 Å². The lowest BCUT2D eigenvalue weighted by Crippen LogP contribution is -2.28. The SMILES string of the molecule is CCCc1ccnc(NC(=O)c2ccc(-c3nc([C@@H]4CCCCN4)n4ccnc(C)c34)cc2)c1. The highest BCUT2D eigenvalue weighted by Gasteiger charge is 2.23. The van der Waals surface area contributed by atoms with Crippen LogP contribution in [-0.2, 0) is 6.42 Å². The lowest BCUT2D eigenvalue weighted by atomic mass is 10.0. The van der Waals surface area contributed by atoms with E-state index in [1.807, 2.05) is 55.7 Å². The molecule has 2 N–H and O–H groups in total. The van der Waals surface area contributed by atoms with Crippen molar-refractivity contribution in [1.82, 2.24) is 24.7 Å². The molecule has 3 aromatic heterocycles. The van der Waals surface area contributed by atoms with Crippen LogP contribution in [0.15, 0.2) is 55.0 Å². The van der Waals surface area contributed by atoms with Crippen LogP contribution in [0.5, 0.6) is 0 Å². The molecule has 0 unspecified atom stereocenters. The Hall–Kier alpha value is -3.58. The van der Waals surface area contributed by atoms with E-state index in [0.717, 1.165) is 54.1 Å². The topological polar surface area (TPSA) is 84.2 Å². The molecule has 1 fully saturated rings. The van der Waals surface area contributed by atoms with E-state index in [0.29, 0.717) is 11.4 Å². The maximum Gasteiger partial charge on any atom is 0.256 e. The zero-order valence-corrected chi connectivity index (χ0v) is 19.7. The van der Waals surface area contributed by atoms with E-state index in [2.05, 4.69) is 31.9 Å². The number of nitrogens with zero attached hydrogens (tertiary/aromatic N) is 4. The number of carbonyl (C=O) groups excluding carboxylic acids is 1. The van der Waals surface area contributed by atoms with Crippen molar-refractivity contribution in [3.63, 3.8) is 0 Å². The Balaban J connectivity index is 1.42. The Bertz CT molecular complexity index is 1300. The van der Waals surface area contributed by atoms with Gasteiger partial charge in [0.1, 0.15) is 11.6 Å². The molecule has 0 saturated carbocycles. The summed E-state index contributed by atoms with van der Waals surface area (Å²) in [5.74, 6) is 1.42. The highest BCUT2D eigenvalue weighted by Crippen LogP contribution is 2.31. The van der Waals surface area contributed by atoms with Crippen LogP contribution in [0.3, 0.4) is 0 Å². The number of imidazole rings is 1. The number of piperidine rings is 1. The van der Waals surface area contributed by atoms with E-state index >= 15 is 0 Å². The number of nitrogens with one attached hydrogen (secondary N) is 2. The van der Waals surface area contributed by atoms with Crippen LogP contribution in [0.1, 0.15) is 66.1 Å². The van der Waals surface area contributed by atoms with E-state index < -0.39 is 0 Å². The van der Waals surface area contributed by atoms with Crippen molar-refractivity contribution < 1.29 is 4.79 Å². The van der Waals surface area contributed by atoms with Gasteiger partial charge in [-0.15, -0.1) is 0 Å². The van der Waals surface area contributed by atoms with E-state index in [4.69, 9.17) is 4.98 Å². The molecule has 4 aromatic rings. The monoisotopic (exact) mass is 454 g/mol. The van der Waals surface area contributed by atoms with Crippen molar-refractivity contribution in [2.24, 2.45) is 0 Å².